The number of hydrogen-bond acceptors (Lipinski definition) is 9. The standard InChI is InChI=1S/C28H36N6O3/c1-20-4-5-25(36-3)19-26(20)32(2)27-6-9-29-28(31-27)30-21-16-22(33-10-7-24(35)8-11-33)18-23(17-21)34-12-14-37-15-13-34/h4-6,9,16-19,24,35H,7-8,10-15H2,1-3H3,(H,29,30,31). The fraction of sp³-hybridized carbons (Fsp3) is 0.429. The van der Waals surface area contributed by atoms with Crippen molar-refractivity contribution in [1.29, 1.82) is 0 Å². The van der Waals surface area contributed by atoms with Gasteiger partial charge in [-0.3, -0.25) is 0 Å². The highest BCUT2D eigenvalue weighted by atomic mass is 16.5. The monoisotopic (exact) mass is 504 g/mol. The molecular weight excluding hydrogens is 468 g/mol. The minimum Gasteiger partial charge on any atom is -0.497 e. The molecule has 5 rings (SSSR count). The zero-order chi connectivity index (χ0) is 25.8. The van der Waals surface area contributed by atoms with Crippen molar-refractivity contribution in [3.05, 3.63) is 54.2 Å². The molecule has 1 aromatic heterocycles. The number of nitrogens with one attached hydrogen (secondary N) is 1. The van der Waals surface area contributed by atoms with Gasteiger partial charge in [0.15, 0.2) is 0 Å². The fourth-order valence-electron chi connectivity index (χ4n) is 4.90. The fourth-order valence-corrected chi connectivity index (χ4v) is 4.90. The van der Waals surface area contributed by atoms with Gasteiger partial charge in [-0.15, -0.1) is 0 Å². The van der Waals surface area contributed by atoms with Crippen LogP contribution in [0.1, 0.15) is 18.4 Å². The summed E-state index contributed by atoms with van der Waals surface area (Å²) < 4.78 is 11.0. The summed E-state index contributed by atoms with van der Waals surface area (Å²) in [5, 5.41) is 13.4. The number of methoxy groups -OCH3 is 1. The average Bonchev–Trinajstić information content (AvgIpc) is 2.94. The van der Waals surface area contributed by atoms with Crippen LogP contribution in [0, 0.1) is 6.92 Å². The van der Waals surface area contributed by atoms with E-state index < -0.39 is 0 Å². The summed E-state index contributed by atoms with van der Waals surface area (Å²) >= 11 is 0. The Morgan fingerprint density at radius 2 is 1.70 bits per heavy atom. The number of aliphatic hydroxyl groups excluding tert-OH is 1. The molecule has 0 bridgehead atoms. The minimum absolute atomic E-state index is 0.211. The molecule has 0 spiro atoms. The maximum absolute atomic E-state index is 9.99. The molecule has 3 heterocycles. The van der Waals surface area contributed by atoms with E-state index >= 15 is 0 Å². The van der Waals surface area contributed by atoms with E-state index in [-0.39, 0.29) is 6.10 Å². The molecular formula is C28H36N6O3. The second-order valence-corrected chi connectivity index (χ2v) is 9.63. The van der Waals surface area contributed by atoms with Crippen molar-refractivity contribution >= 4 is 34.5 Å². The van der Waals surface area contributed by atoms with Gasteiger partial charge in [-0.2, -0.15) is 4.98 Å². The Kier molecular flexibility index (Phi) is 7.62. The molecule has 9 heteroatoms. The van der Waals surface area contributed by atoms with Crippen molar-refractivity contribution in [3.63, 3.8) is 0 Å². The van der Waals surface area contributed by atoms with E-state index in [1.165, 1.54) is 0 Å². The van der Waals surface area contributed by atoms with E-state index in [9.17, 15) is 5.11 Å². The summed E-state index contributed by atoms with van der Waals surface area (Å²) in [5.41, 5.74) is 5.37. The summed E-state index contributed by atoms with van der Waals surface area (Å²) in [7, 11) is 3.67. The number of aryl methyl sites for hydroxylation is 1. The van der Waals surface area contributed by atoms with Crippen LogP contribution in [0.2, 0.25) is 0 Å². The SMILES string of the molecule is COc1ccc(C)c(N(C)c2ccnc(Nc3cc(N4CCOCC4)cc(N4CCC(O)CC4)c3)n2)c1. The number of morpholine rings is 1. The van der Waals surface area contributed by atoms with Gasteiger partial charge in [-0.05, 0) is 55.7 Å². The van der Waals surface area contributed by atoms with Crippen molar-refractivity contribution in [3.8, 4) is 5.75 Å². The van der Waals surface area contributed by atoms with E-state index in [0.29, 0.717) is 5.95 Å². The van der Waals surface area contributed by atoms with Crippen LogP contribution in [0.3, 0.4) is 0 Å². The normalized spacial score (nSPS) is 16.5. The molecule has 37 heavy (non-hydrogen) atoms. The molecule has 2 saturated heterocycles. The number of hydrogen-bond donors (Lipinski definition) is 2. The maximum Gasteiger partial charge on any atom is 0.229 e. The van der Waals surface area contributed by atoms with Gasteiger partial charge in [0, 0.05) is 68.2 Å². The lowest BCUT2D eigenvalue weighted by Gasteiger charge is -2.34. The van der Waals surface area contributed by atoms with Crippen LogP contribution in [-0.4, -0.2) is 74.7 Å². The molecule has 0 amide bonds. The largest absolute Gasteiger partial charge is 0.497 e. The summed E-state index contributed by atoms with van der Waals surface area (Å²) in [4.78, 5) is 16.1. The summed E-state index contributed by atoms with van der Waals surface area (Å²) in [6, 6.07) is 14.5. The van der Waals surface area contributed by atoms with Crippen molar-refractivity contribution in [2.45, 2.75) is 25.9 Å². The van der Waals surface area contributed by atoms with Crippen molar-refractivity contribution in [1.82, 2.24) is 9.97 Å². The Hall–Kier alpha value is -3.56. The second-order valence-electron chi connectivity index (χ2n) is 9.63. The number of aliphatic hydroxyl groups is 1. The summed E-state index contributed by atoms with van der Waals surface area (Å²) in [5.74, 6) is 2.12. The van der Waals surface area contributed by atoms with Gasteiger partial charge in [0.05, 0.1) is 26.4 Å². The Morgan fingerprint density at radius 3 is 2.41 bits per heavy atom. The van der Waals surface area contributed by atoms with Gasteiger partial charge in [-0.25, -0.2) is 4.98 Å². The predicted molar refractivity (Wildman–Crippen MR) is 148 cm³/mol. The van der Waals surface area contributed by atoms with Crippen LogP contribution in [0.4, 0.5) is 34.5 Å². The van der Waals surface area contributed by atoms with Crippen molar-refractivity contribution in [2.24, 2.45) is 0 Å². The topological polar surface area (TPSA) is 86.2 Å². The number of aromatic nitrogens is 2. The first-order chi connectivity index (χ1) is 18.0. The zero-order valence-electron chi connectivity index (χ0n) is 21.9. The van der Waals surface area contributed by atoms with E-state index in [2.05, 4.69) is 45.2 Å². The first-order valence-electron chi connectivity index (χ1n) is 12.9. The van der Waals surface area contributed by atoms with Gasteiger partial charge in [0.1, 0.15) is 11.6 Å². The molecule has 2 aliphatic heterocycles. The lowest BCUT2D eigenvalue weighted by molar-refractivity contribution is 0.122. The number of rotatable bonds is 7. The Morgan fingerprint density at radius 1 is 1.00 bits per heavy atom. The van der Waals surface area contributed by atoms with Gasteiger partial charge in [0.25, 0.3) is 0 Å². The summed E-state index contributed by atoms with van der Waals surface area (Å²) in [6.07, 6.45) is 3.13. The van der Waals surface area contributed by atoms with Crippen LogP contribution in [0.5, 0.6) is 5.75 Å². The predicted octanol–water partition coefficient (Wildman–Crippen LogP) is 4.10. The highest BCUT2D eigenvalue weighted by molar-refractivity contribution is 5.72. The van der Waals surface area contributed by atoms with Crippen LogP contribution in [-0.2, 0) is 4.74 Å². The Labute approximate surface area is 218 Å². The molecule has 9 nitrogen and oxygen atoms in total. The molecule has 0 atom stereocenters. The molecule has 0 unspecified atom stereocenters. The van der Waals surface area contributed by atoms with E-state index in [1.54, 1.807) is 13.3 Å². The number of benzene rings is 2. The molecule has 0 aliphatic carbocycles. The molecule has 2 N–H and O–H groups in total. The van der Waals surface area contributed by atoms with Crippen molar-refractivity contribution < 1.29 is 14.6 Å². The number of nitrogens with zero attached hydrogens (tertiary/aromatic N) is 5. The zero-order valence-corrected chi connectivity index (χ0v) is 21.9. The molecule has 0 radical (unpaired) electrons. The van der Waals surface area contributed by atoms with Gasteiger partial charge >= 0.3 is 0 Å². The quantitative estimate of drug-likeness (QED) is 0.494. The third kappa shape index (κ3) is 5.89. The first-order valence-corrected chi connectivity index (χ1v) is 12.9. The van der Waals surface area contributed by atoms with Crippen LogP contribution in [0.25, 0.3) is 0 Å². The van der Waals surface area contributed by atoms with E-state index in [0.717, 1.165) is 92.1 Å². The molecule has 2 aromatic carbocycles. The van der Waals surface area contributed by atoms with Gasteiger partial charge < -0.3 is 34.6 Å². The average molecular weight is 505 g/mol. The van der Waals surface area contributed by atoms with Crippen LogP contribution in [0.15, 0.2) is 48.7 Å². The summed E-state index contributed by atoms with van der Waals surface area (Å²) in [6.45, 7) is 6.92. The minimum atomic E-state index is -0.211. The Balaban J connectivity index is 1.42. The molecule has 0 saturated carbocycles. The lowest BCUT2D eigenvalue weighted by Crippen LogP contribution is -2.37. The molecule has 196 valence electrons. The molecule has 2 fully saturated rings. The third-order valence-corrected chi connectivity index (χ3v) is 7.13. The third-order valence-electron chi connectivity index (χ3n) is 7.13. The number of ether oxygens (including phenoxy) is 2. The Bertz CT molecular complexity index is 1210. The second kappa shape index (κ2) is 11.2. The van der Waals surface area contributed by atoms with Crippen LogP contribution < -0.4 is 24.8 Å². The lowest BCUT2D eigenvalue weighted by atomic mass is 10.1. The van der Waals surface area contributed by atoms with Gasteiger partial charge in [-0.1, -0.05) is 6.07 Å². The smallest absolute Gasteiger partial charge is 0.229 e. The van der Waals surface area contributed by atoms with Gasteiger partial charge in [0.2, 0.25) is 5.95 Å². The molecule has 2 aliphatic rings. The highest BCUT2D eigenvalue weighted by Gasteiger charge is 2.20. The molecule has 3 aromatic rings. The first kappa shape index (κ1) is 25.1. The van der Waals surface area contributed by atoms with Crippen molar-refractivity contribution in [2.75, 3.05) is 73.6 Å². The maximum atomic E-state index is 9.99. The van der Waals surface area contributed by atoms with Crippen LogP contribution >= 0.6 is 0 Å². The number of piperidine rings is 1. The highest BCUT2D eigenvalue weighted by Crippen LogP contribution is 2.33. The number of anilines is 6. The van der Waals surface area contributed by atoms with E-state index in [1.807, 2.05) is 36.2 Å². The van der Waals surface area contributed by atoms with E-state index in [4.69, 9.17) is 14.5 Å².